The third-order valence-corrected chi connectivity index (χ3v) is 11.9. The normalized spacial score (nSPS) is 21.8. The van der Waals surface area contributed by atoms with Crippen LogP contribution in [0.25, 0.3) is 0 Å². The van der Waals surface area contributed by atoms with Crippen molar-refractivity contribution < 1.29 is 37.1 Å². The first-order valence-electron chi connectivity index (χ1n) is 19.3. The molecule has 0 aliphatic carbocycles. The second kappa shape index (κ2) is 15.2. The average molecular weight is 793 g/mol. The maximum Gasteiger partial charge on any atom is 0.417 e. The molecule has 16 heteroatoms. The highest BCUT2D eigenvalue weighted by Crippen LogP contribution is 2.42. The van der Waals surface area contributed by atoms with Crippen molar-refractivity contribution in [3.8, 4) is 17.9 Å². The number of nitriles is 1. The second-order valence-corrected chi connectivity index (χ2v) is 15.7. The largest absolute Gasteiger partial charge is 0.417 e. The molecule has 13 nitrogen and oxygen atoms in total. The van der Waals surface area contributed by atoms with Gasteiger partial charge < -0.3 is 15.1 Å². The quantitative estimate of drug-likeness (QED) is 0.274. The maximum atomic E-state index is 13.5. The van der Waals surface area contributed by atoms with Crippen molar-refractivity contribution in [2.75, 3.05) is 60.9 Å². The van der Waals surface area contributed by atoms with Gasteiger partial charge in [-0.25, -0.2) is 4.98 Å². The van der Waals surface area contributed by atoms with E-state index in [0.29, 0.717) is 43.0 Å². The number of anilines is 3. The molecule has 2 atom stereocenters. The van der Waals surface area contributed by atoms with Crippen molar-refractivity contribution in [2.24, 2.45) is 11.3 Å². The van der Waals surface area contributed by atoms with Crippen LogP contribution in [0.2, 0.25) is 0 Å². The Morgan fingerprint density at radius 2 is 1.67 bits per heavy atom. The Morgan fingerprint density at radius 3 is 2.38 bits per heavy atom. The van der Waals surface area contributed by atoms with Gasteiger partial charge in [-0.1, -0.05) is 11.8 Å². The third-order valence-electron chi connectivity index (χ3n) is 11.9. The zero-order valence-corrected chi connectivity index (χ0v) is 31.4. The number of halogens is 3. The van der Waals surface area contributed by atoms with E-state index in [2.05, 4.69) is 37.3 Å². The Hall–Kier alpha value is -6.26. The van der Waals surface area contributed by atoms with E-state index in [9.17, 15) is 37.1 Å². The molecule has 0 saturated carbocycles. The number of nitrogens with one attached hydrogen (secondary N) is 2. The molecule has 8 rings (SSSR count). The number of carbonyl (C=O) groups is 5. The van der Waals surface area contributed by atoms with Crippen LogP contribution < -0.4 is 20.4 Å². The lowest BCUT2D eigenvalue weighted by molar-refractivity contribution is -0.138. The molecule has 5 amide bonds. The molecular formula is C42H39F3N8O5. The van der Waals surface area contributed by atoms with Gasteiger partial charge in [0.15, 0.2) is 0 Å². The number of carbonyl (C=O) groups excluding carboxylic acids is 5. The third kappa shape index (κ3) is 7.59. The molecule has 5 aliphatic heterocycles. The monoisotopic (exact) mass is 792 g/mol. The van der Waals surface area contributed by atoms with Gasteiger partial charge in [-0.3, -0.25) is 39.1 Å². The first kappa shape index (κ1) is 38.6. The summed E-state index contributed by atoms with van der Waals surface area (Å²) in [5, 5.41) is 14.2. The number of benzene rings is 2. The molecule has 2 aromatic carbocycles. The molecule has 0 radical (unpaired) electrons. The number of pyridine rings is 1. The van der Waals surface area contributed by atoms with Crippen molar-refractivity contribution >= 4 is 46.7 Å². The summed E-state index contributed by atoms with van der Waals surface area (Å²) in [6.07, 6.45) is 0.249. The number of nitrogens with zero attached hydrogens (tertiary/aromatic N) is 6. The molecule has 6 heterocycles. The number of fused-ring (bicyclic) bond motifs is 1. The first-order valence-corrected chi connectivity index (χ1v) is 19.3. The van der Waals surface area contributed by atoms with Gasteiger partial charge in [0, 0.05) is 68.8 Å². The minimum atomic E-state index is -4.66. The van der Waals surface area contributed by atoms with Crippen LogP contribution >= 0.6 is 0 Å². The van der Waals surface area contributed by atoms with Crippen LogP contribution in [0.15, 0.2) is 54.7 Å². The molecule has 1 spiro atoms. The summed E-state index contributed by atoms with van der Waals surface area (Å²) in [5.74, 6) is 3.92. The Balaban J connectivity index is 0.789. The summed E-state index contributed by atoms with van der Waals surface area (Å²) in [5.41, 5.74) is 1.17. The van der Waals surface area contributed by atoms with Crippen LogP contribution in [-0.4, -0.2) is 96.2 Å². The van der Waals surface area contributed by atoms with E-state index in [1.807, 2.05) is 6.07 Å². The number of alkyl halides is 3. The molecule has 3 aromatic rings. The number of hydrogen-bond acceptors (Lipinski definition) is 10. The molecular weight excluding hydrogens is 754 g/mol. The topological polar surface area (TPSA) is 159 Å². The SMILES string of the molecule is N#Cc1ccc(N2CCCC(C(=O)Nc3ccc(C#CCN4CC5(CCN(c6ccc7c(c6)C(=O)N(C6CCC(=O)NC6=O)C7=O)CC5)C4)cn3)C2)cc1C(F)(F)F. The van der Waals surface area contributed by atoms with Gasteiger partial charge in [-0.2, -0.15) is 18.4 Å². The van der Waals surface area contributed by atoms with Crippen LogP contribution in [-0.2, 0) is 20.6 Å². The summed E-state index contributed by atoms with van der Waals surface area (Å²) < 4.78 is 40.6. The van der Waals surface area contributed by atoms with Crippen LogP contribution in [0.1, 0.15) is 75.9 Å². The highest BCUT2D eigenvalue weighted by molar-refractivity contribution is 6.23. The number of likely N-dealkylation sites (tertiary alicyclic amines) is 1. The van der Waals surface area contributed by atoms with Crippen LogP contribution in [0.3, 0.4) is 0 Å². The van der Waals surface area contributed by atoms with Gasteiger partial charge in [0.25, 0.3) is 11.8 Å². The Bertz CT molecular complexity index is 2300. The highest BCUT2D eigenvalue weighted by atomic mass is 19.4. The molecule has 58 heavy (non-hydrogen) atoms. The van der Waals surface area contributed by atoms with Gasteiger partial charge in [0.2, 0.25) is 17.7 Å². The van der Waals surface area contributed by atoms with E-state index in [4.69, 9.17) is 5.26 Å². The molecule has 298 valence electrons. The molecule has 2 N–H and O–H groups in total. The van der Waals surface area contributed by atoms with Crippen LogP contribution in [0.4, 0.5) is 30.4 Å². The molecule has 2 unspecified atom stereocenters. The summed E-state index contributed by atoms with van der Waals surface area (Å²) in [4.78, 5) is 75.1. The predicted molar refractivity (Wildman–Crippen MR) is 204 cm³/mol. The van der Waals surface area contributed by atoms with E-state index >= 15 is 0 Å². The van der Waals surface area contributed by atoms with Crippen molar-refractivity contribution in [2.45, 2.75) is 50.7 Å². The van der Waals surface area contributed by atoms with Crippen LogP contribution in [0, 0.1) is 34.5 Å². The molecule has 4 fully saturated rings. The zero-order chi connectivity index (χ0) is 40.8. The van der Waals surface area contributed by atoms with Crippen molar-refractivity contribution in [3.63, 3.8) is 0 Å². The van der Waals surface area contributed by atoms with E-state index in [0.717, 1.165) is 55.7 Å². The minimum Gasteiger partial charge on any atom is -0.371 e. The fourth-order valence-electron chi connectivity index (χ4n) is 8.74. The fourth-order valence-corrected chi connectivity index (χ4v) is 8.74. The van der Waals surface area contributed by atoms with E-state index in [1.165, 1.54) is 12.1 Å². The maximum absolute atomic E-state index is 13.5. The van der Waals surface area contributed by atoms with Gasteiger partial charge in [0.1, 0.15) is 11.9 Å². The number of amides is 5. The first-order chi connectivity index (χ1) is 27.8. The smallest absolute Gasteiger partial charge is 0.371 e. The number of hydrogen-bond donors (Lipinski definition) is 2. The average Bonchev–Trinajstić information content (AvgIpc) is 3.45. The molecule has 4 saturated heterocycles. The van der Waals surface area contributed by atoms with Gasteiger partial charge in [-0.15, -0.1) is 0 Å². The lowest BCUT2D eigenvalue weighted by Crippen LogP contribution is -2.60. The van der Waals surface area contributed by atoms with Gasteiger partial charge in [0.05, 0.1) is 40.8 Å². The molecule has 0 bridgehead atoms. The Labute approximate surface area is 332 Å². The number of rotatable bonds is 6. The Kier molecular flexibility index (Phi) is 10.1. The van der Waals surface area contributed by atoms with E-state index in [1.54, 1.807) is 41.4 Å². The summed E-state index contributed by atoms with van der Waals surface area (Å²) in [6, 6.07) is 12.9. The highest BCUT2D eigenvalue weighted by Gasteiger charge is 2.46. The Morgan fingerprint density at radius 1 is 0.931 bits per heavy atom. The minimum absolute atomic E-state index is 0.0707. The van der Waals surface area contributed by atoms with E-state index in [-0.39, 0.29) is 41.8 Å². The zero-order valence-electron chi connectivity index (χ0n) is 31.4. The number of imide groups is 2. The van der Waals surface area contributed by atoms with Gasteiger partial charge >= 0.3 is 6.18 Å². The molecule has 1 aromatic heterocycles. The fraction of sp³-hybridized carbons (Fsp3) is 0.405. The number of aromatic nitrogens is 1. The number of piperidine rings is 3. The van der Waals surface area contributed by atoms with E-state index < -0.39 is 52.9 Å². The van der Waals surface area contributed by atoms with Crippen molar-refractivity contribution in [1.82, 2.24) is 20.1 Å². The second-order valence-electron chi connectivity index (χ2n) is 15.7. The summed E-state index contributed by atoms with van der Waals surface area (Å²) in [7, 11) is 0. The van der Waals surface area contributed by atoms with Crippen LogP contribution in [0.5, 0.6) is 0 Å². The standard InChI is InChI=1S/C42H39F3N8O5/c43-42(44,45)33-20-30(7-6-27(33)21-46)52-16-2-4-28(23-52)37(55)48-35-11-5-26(22-47-35)3-1-15-50-24-41(25-50)13-17-51(18-14-41)29-8-9-31-32(19-29)40(58)53(39(31)57)34-10-12-36(54)49-38(34)56/h5-9,11,19-20,22,28,34H,2,4,10,12-18,23-25H2,(H,47,48,55)(H,49,54,56). The summed E-state index contributed by atoms with van der Waals surface area (Å²) in [6.45, 7) is 4.76. The van der Waals surface area contributed by atoms with Gasteiger partial charge in [-0.05, 0) is 86.1 Å². The lowest BCUT2D eigenvalue weighted by Gasteiger charge is -2.54. The predicted octanol–water partition coefficient (Wildman–Crippen LogP) is 4.18. The lowest BCUT2D eigenvalue weighted by atomic mass is 9.72. The summed E-state index contributed by atoms with van der Waals surface area (Å²) >= 11 is 0. The molecule has 5 aliphatic rings. The van der Waals surface area contributed by atoms with Crippen molar-refractivity contribution in [1.29, 1.82) is 5.26 Å². The van der Waals surface area contributed by atoms with Crippen molar-refractivity contribution in [3.05, 3.63) is 82.5 Å².